The van der Waals surface area contributed by atoms with Gasteiger partial charge >= 0.3 is 6.18 Å². The highest BCUT2D eigenvalue weighted by Gasteiger charge is 2.32. The molecule has 0 bridgehead atoms. The summed E-state index contributed by atoms with van der Waals surface area (Å²) in [6.07, 6.45) is -2.28. The zero-order valence-electron chi connectivity index (χ0n) is 15.7. The number of benzene rings is 2. The van der Waals surface area contributed by atoms with E-state index in [0.717, 1.165) is 44.6 Å². The van der Waals surface area contributed by atoms with Crippen LogP contribution in [-0.2, 0) is 29.2 Å². The lowest BCUT2D eigenvalue weighted by atomic mass is 10.00. The van der Waals surface area contributed by atoms with Gasteiger partial charge in [-0.2, -0.15) is 13.2 Å². The van der Waals surface area contributed by atoms with Crippen LogP contribution in [0.2, 0.25) is 5.02 Å². The van der Waals surface area contributed by atoms with E-state index >= 15 is 0 Å². The van der Waals surface area contributed by atoms with E-state index in [2.05, 4.69) is 21.8 Å². The highest BCUT2D eigenvalue weighted by atomic mass is 35.5. The molecule has 0 fully saturated rings. The molecule has 1 N–H and O–H groups in total. The van der Waals surface area contributed by atoms with Crippen LogP contribution in [0, 0.1) is 0 Å². The van der Waals surface area contributed by atoms with Gasteiger partial charge in [0.05, 0.1) is 10.6 Å². The van der Waals surface area contributed by atoms with E-state index < -0.39 is 26.7 Å². The number of sulfonamides is 1. The van der Waals surface area contributed by atoms with Gasteiger partial charge in [-0.25, -0.2) is 13.1 Å². The van der Waals surface area contributed by atoms with Crippen molar-refractivity contribution in [3.8, 4) is 0 Å². The van der Waals surface area contributed by atoms with Gasteiger partial charge in [0, 0.05) is 19.6 Å². The molecule has 4 nitrogen and oxygen atoms in total. The number of unbranched alkanes of at least 4 members (excludes halogenated alkanes) is 1. The van der Waals surface area contributed by atoms with Crippen LogP contribution in [0.1, 0.15) is 29.5 Å². The summed E-state index contributed by atoms with van der Waals surface area (Å²) >= 11 is 5.82. The van der Waals surface area contributed by atoms with Crippen LogP contribution in [0.3, 0.4) is 0 Å². The van der Waals surface area contributed by atoms with Crippen molar-refractivity contribution < 1.29 is 21.6 Å². The molecule has 0 aliphatic carbocycles. The molecule has 0 unspecified atom stereocenters. The Bertz CT molecular complexity index is 964. The minimum Gasteiger partial charge on any atom is -0.299 e. The van der Waals surface area contributed by atoms with E-state index in [4.69, 9.17) is 11.6 Å². The molecule has 1 aliphatic rings. The first-order chi connectivity index (χ1) is 13.7. The third-order valence-corrected chi connectivity index (χ3v) is 6.89. The zero-order chi connectivity index (χ0) is 21.1. The van der Waals surface area contributed by atoms with Gasteiger partial charge in [0.15, 0.2) is 0 Å². The highest BCUT2D eigenvalue weighted by Crippen LogP contribution is 2.33. The molecule has 0 radical (unpaired) electrons. The zero-order valence-corrected chi connectivity index (χ0v) is 17.2. The fourth-order valence-electron chi connectivity index (χ4n) is 3.38. The van der Waals surface area contributed by atoms with Gasteiger partial charge < -0.3 is 0 Å². The summed E-state index contributed by atoms with van der Waals surface area (Å²) in [5.74, 6) is 0. The molecule has 1 aliphatic heterocycles. The van der Waals surface area contributed by atoms with E-state index in [9.17, 15) is 21.6 Å². The van der Waals surface area contributed by atoms with Gasteiger partial charge in [0.2, 0.25) is 10.0 Å². The Kier molecular flexibility index (Phi) is 6.88. The Morgan fingerprint density at radius 2 is 1.79 bits per heavy atom. The van der Waals surface area contributed by atoms with Gasteiger partial charge in [-0.05, 0) is 55.1 Å². The summed E-state index contributed by atoms with van der Waals surface area (Å²) in [6.45, 7) is 2.81. The summed E-state index contributed by atoms with van der Waals surface area (Å²) in [5, 5.41) is -0.238. The number of nitrogens with zero attached hydrogens (tertiary/aromatic N) is 1. The molecule has 0 aromatic heterocycles. The molecule has 0 spiro atoms. The van der Waals surface area contributed by atoms with E-state index in [-0.39, 0.29) is 11.6 Å². The largest absolute Gasteiger partial charge is 0.416 e. The molecular weight excluding hydrogens is 425 g/mol. The van der Waals surface area contributed by atoms with Crippen molar-refractivity contribution in [3.63, 3.8) is 0 Å². The average Bonchev–Trinajstić information content (AvgIpc) is 2.67. The first-order valence-electron chi connectivity index (χ1n) is 9.32. The number of hydrogen-bond donors (Lipinski definition) is 1. The summed E-state index contributed by atoms with van der Waals surface area (Å²) in [7, 11) is -4.11. The molecule has 2 aromatic rings. The summed E-state index contributed by atoms with van der Waals surface area (Å²) in [5.41, 5.74) is 1.64. The number of halogens is 4. The lowest BCUT2D eigenvalue weighted by Gasteiger charge is -2.28. The maximum atomic E-state index is 12.8. The highest BCUT2D eigenvalue weighted by molar-refractivity contribution is 7.89. The van der Waals surface area contributed by atoms with E-state index in [1.165, 1.54) is 11.1 Å². The van der Waals surface area contributed by atoms with Gasteiger partial charge in [0.1, 0.15) is 4.90 Å². The van der Waals surface area contributed by atoms with Crippen molar-refractivity contribution in [3.05, 3.63) is 64.2 Å². The normalized spacial score (nSPS) is 15.3. The standard InChI is InChI=1S/C20H22ClF3N2O2S/c21-18-8-7-17(20(22,23)24)13-19(18)29(27,28)25-10-3-4-11-26-12-9-15-5-1-2-6-16(15)14-26/h1-2,5-8,13,25H,3-4,9-12,14H2. The first kappa shape index (κ1) is 22.1. The Labute approximate surface area is 173 Å². The summed E-state index contributed by atoms with van der Waals surface area (Å²) < 4.78 is 65.6. The quantitative estimate of drug-likeness (QED) is 0.638. The molecule has 0 saturated heterocycles. The third kappa shape index (κ3) is 5.72. The molecule has 0 atom stereocenters. The van der Waals surface area contributed by atoms with Crippen molar-refractivity contribution in [1.29, 1.82) is 0 Å². The van der Waals surface area contributed by atoms with Crippen LogP contribution < -0.4 is 4.72 Å². The Balaban J connectivity index is 1.49. The minimum atomic E-state index is -4.64. The van der Waals surface area contributed by atoms with Crippen LogP contribution in [0.15, 0.2) is 47.4 Å². The number of rotatable bonds is 7. The van der Waals surface area contributed by atoms with Crippen LogP contribution in [0.25, 0.3) is 0 Å². The third-order valence-electron chi connectivity index (χ3n) is 4.95. The first-order valence-corrected chi connectivity index (χ1v) is 11.2. The van der Waals surface area contributed by atoms with Gasteiger partial charge in [-0.15, -0.1) is 0 Å². The molecule has 158 valence electrons. The van der Waals surface area contributed by atoms with Crippen molar-refractivity contribution in [2.75, 3.05) is 19.6 Å². The molecule has 0 amide bonds. The Morgan fingerprint density at radius 3 is 2.52 bits per heavy atom. The van der Waals surface area contributed by atoms with Crippen LogP contribution in [0.5, 0.6) is 0 Å². The SMILES string of the molecule is O=S(=O)(NCCCCN1CCc2ccccc2C1)c1cc(C(F)(F)F)ccc1Cl. The minimum absolute atomic E-state index is 0.138. The smallest absolute Gasteiger partial charge is 0.299 e. The molecule has 3 rings (SSSR count). The predicted molar refractivity (Wildman–Crippen MR) is 106 cm³/mol. The van der Waals surface area contributed by atoms with Crippen LogP contribution in [-0.4, -0.2) is 33.0 Å². The molecule has 1 heterocycles. The number of nitrogens with one attached hydrogen (secondary N) is 1. The number of alkyl halides is 3. The average molecular weight is 447 g/mol. The lowest BCUT2D eigenvalue weighted by molar-refractivity contribution is -0.137. The molecule has 2 aromatic carbocycles. The fourth-order valence-corrected chi connectivity index (χ4v) is 4.97. The monoisotopic (exact) mass is 446 g/mol. The Morgan fingerprint density at radius 1 is 1.07 bits per heavy atom. The van der Waals surface area contributed by atoms with E-state index in [1.54, 1.807) is 0 Å². The second-order valence-corrected chi connectivity index (χ2v) is 9.19. The Hall–Kier alpha value is -1.61. The van der Waals surface area contributed by atoms with Gasteiger partial charge in [0.25, 0.3) is 0 Å². The predicted octanol–water partition coefficient (Wildman–Crippen LogP) is 4.48. The van der Waals surface area contributed by atoms with Crippen LogP contribution in [0.4, 0.5) is 13.2 Å². The maximum absolute atomic E-state index is 12.8. The molecule has 9 heteroatoms. The summed E-state index contributed by atoms with van der Waals surface area (Å²) in [6, 6.07) is 10.6. The second-order valence-electron chi connectivity index (χ2n) is 7.04. The van der Waals surface area contributed by atoms with E-state index in [0.29, 0.717) is 12.5 Å². The topological polar surface area (TPSA) is 49.4 Å². The second kappa shape index (κ2) is 9.04. The van der Waals surface area contributed by atoms with Gasteiger partial charge in [-0.3, -0.25) is 4.90 Å². The maximum Gasteiger partial charge on any atom is 0.416 e. The van der Waals surface area contributed by atoms with Crippen molar-refractivity contribution in [1.82, 2.24) is 9.62 Å². The fraction of sp³-hybridized carbons (Fsp3) is 0.400. The van der Waals surface area contributed by atoms with Crippen molar-refractivity contribution in [2.45, 2.75) is 36.9 Å². The lowest BCUT2D eigenvalue weighted by Crippen LogP contribution is -2.32. The molecule has 0 saturated carbocycles. The van der Waals surface area contributed by atoms with Gasteiger partial charge in [-0.1, -0.05) is 35.9 Å². The molecule has 29 heavy (non-hydrogen) atoms. The summed E-state index contributed by atoms with van der Waals surface area (Å²) in [4.78, 5) is 1.77. The number of fused-ring (bicyclic) bond motifs is 1. The van der Waals surface area contributed by atoms with Crippen molar-refractivity contribution >= 4 is 21.6 Å². The van der Waals surface area contributed by atoms with Crippen molar-refractivity contribution in [2.24, 2.45) is 0 Å². The van der Waals surface area contributed by atoms with Crippen LogP contribution >= 0.6 is 11.6 Å². The number of hydrogen-bond acceptors (Lipinski definition) is 3. The molecular formula is C20H22ClF3N2O2S. The van der Waals surface area contributed by atoms with E-state index in [1.807, 2.05) is 12.1 Å².